The maximum absolute atomic E-state index is 13.9. The second kappa shape index (κ2) is 11.7. The highest BCUT2D eigenvalue weighted by atomic mass is 35.5. The minimum absolute atomic E-state index is 0.0714. The number of carbonyl (C=O) groups excluding carboxylic acids is 1. The van der Waals surface area contributed by atoms with Gasteiger partial charge in [0.05, 0.1) is 36.4 Å². The molecule has 1 aromatic heterocycles. The van der Waals surface area contributed by atoms with Gasteiger partial charge in [0, 0.05) is 48.1 Å². The molecule has 2 aliphatic carbocycles. The van der Waals surface area contributed by atoms with Gasteiger partial charge in [-0.05, 0) is 62.3 Å². The van der Waals surface area contributed by atoms with E-state index in [0.29, 0.717) is 32.1 Å². The number of hydrogen-bond acceptors (Lipinski definition) is 8. The van der Waals surface area contributed by atoms with Crippen LogP contribution in [0.2, 0.25) is 5.02 Å². The summed E-state index contributed by atoms with van der Waals surface area (Å²) in [6, 6.07) is 8.21. The summed E-state index contributed by atoms with van der Waals surface area (Å²) in [5, 5.41) is 20.2. The zero-order valence-corrected chi connectivity index (χ0v) is 26.1. The Balaban J connectivity index is 1.23. The number of aromatic nitrogens is 2. The number of nitriles is 1. The minimum Gasteiger partial charge on any atom is -0.461 e. The lowest BCUT2D eigenvalue weighted by Gasteiger charge is -2.42. The Hall–Kier alpha value is -3.52. The molecule has 0 radical (unpaired) electrons. The third kappa shape index (κ3) is 5.09. The Kier molecular flexibility index (Phi) is 7.83. The van der Waals surface area contributed by atoms with Crippen LogP contribution in [0.3, 0.4) is 0 Å². The Morgan fingerprint density at radius 3 is 2.89 bits per heavy atom. The molecule has 2 aromatic rings. The number of carbonyl (C=O) groups is 1. The number of rotatable bonds is 7. The Labute approximate surface area is 267 Å². The summed E-state index contributed by atoms with van der Waals surface area (Å²) in [7, 11) is 0. The Morgan fingerprint density at radius 1 is 1.22 bits per heavy atom. The van der Waals surface area contributed by atoms with E-state index < -0.39 is 17.8 Å². The van der Waals surface area contributed by atoms with Crippen LogP contribution in [0.4, 0.5) is 10.2 Å². The summed E-state index contributed by atoms with van der Waals surface area (Å²) in [5.41, 5.74) is 3.87. The van der Waals surface area contributed by atoms with Crippen molar-refractivity contribution in [1.29, 1.82) is 5.26 Å². The molecule has 5 aliphatic rings. The van der Waals surface area contributed by atoms with E-state index in [1.807, 2.05) is 12.1 Å². The van der Waals surface area contributed by atoms with E-state index in [4.69, 9.17) is 26.3 Å². The molecule has 9 nitrogen and oxygen atoms in total. The van der Waals surface area contributed by atoms with E-state index in [1.165, 1.54) is 10.5 Å². The van der Waals surface area contributed by atoms with Crippen molar-refractivity contribution in [3.05, 3.63) is 64.1 Å². The number of aliphatic hydroxyl groups excluding tert-OH is 1. The Bertz CT molecular complexity index is 1610. The van der Waals surface area contributed by atoms with Crippen molar-refractivity contribution in [1.82, 2.24) is 19.8 Å². The van der Waals surface area contributed by atoms with Gasteiger partial charge in [-0.15, -0.1) is 0 Å². The van der Waals surface area contributed by atoms with Gasteiger partial charge in [0.2, 0.25) is 0 Å². The monoisotopic (exact) mass is 632 g/mol. The van der Waals surface area contributed by atoms with Gasteiger partial charge in [-0.25, -0.2) is 4.39 Å². The van der Waals surface area contributed by atoms with Gasteiger partial charge in [-0.2, -0.15) is 15.2 Å². The van der Waals surface area contributed by atoms with Crippen molar-refractivity contribution >= 4 is 29.4 Å². The molecule has 3 saturated heterocycles. The third-order valence-corrected chi connectivity index (χ3v) is 11.2. The smallest absolute Gasteiger partial charge is 0.318 e. The van der Waals surface area contributed by atoms with Gasteiger partial charge in [-0.3, -0.25) is 9.69 Å². The lowest BCUT2D eigenvalue weighted by Crippen LogP contribution is -2.55. The minimum atomic E-state index is -1.02. The fourth-order valence-electron chi connectivity index (χ4n) is 8.56. The summed E-state index contributed by atoms with van der Waals surface area (Å²) in [4.78, 5) is 28.5. The third-order valence-electron chi connectivity index (χ3n) is 10.8. The van der Waals surface area contributed by atoms with Crippen molar-refractivity contribution in [2.24, 2.45) is 0 Å². The van der Waals surface area contributed by atoms with E-state index in [-0.39, 0.29) is 36.6 Å². The maximum atomic E-state index is 13.9. The number of amides is 1. The van der Waals surface area contributed by atoms with Gasteiger partial charge in [0.15, 0.2) is 5.83 Å². The summed E-state index contributed by atoms with van der Waals surface area (Å²) in [5.74, 6) is -1.03. The highest BCUT2D eigenvalue weighted by molar-refractivity contribution is 6.32. The van der Waals surface area contributed by atoms with Crippen LogP contribution in [0, 0.1) is 11.3 Å². The van der Waals surface area contributed by atoms with Gasteiger partial charge < -0.3 is 19.6 Å². The van der Waals surface area contributed by atoms with E-state index in [1.54, 1.807) is 0 Å². The molecule has 1 amide bonds. The molecule has 45 heavy (non-hydrogen) atoms. The number of anilines is 1. The lowest BCUT2D eigenvalue weighted by atomic mass is 9.70. The number of aliphatic hydroxyl groups is 1. The normalized spacial score (nSPS) is 28.6. The molecule has 3 fully saturated rings. The van der Waals surface area contributed by atoms with Gasteiger partial charge >= 0.3 is 6.01 Å². The van der Waals surface area contributed by atoms with Crippen LogP contribution in [0.5, 0.6) is 6.01 Å². The van der Waals surface area contributed by atoms with E-state index >= 15 is 0 Å². The predicted octanol–water partition coefficient (Wildman–Crippen LogP) is 4.37. The maximum Gasteiger partial charge on any atom is 0.318 e. The standard InChI is InChI=1S/C34H38ClFN6O3/c1-22(36)31(44)41-17-16-40(19-23(41)9-14-37)30-26-8-12-33(11-7-25-27(33)4-2-5-28(25)35)18-29(26)38-32(39-30)45-21-34-10-3-15-42(34)24(20-43)6-13-34/h2,4-5,7,11,23-24,43H,1,3,6,8-10,12-13,15-21H2/t23-,24?,33-,34?/m0/s1. The Morgan fingerprint density at radius 2 is 2.09 bits per heavy atom. The first-order chi connectivity index (χ1) is 21.8. The first-order valence-electron chi connectivity index (χ1n) is 15.9. The van der Waals surface area contributed by atoms with Crippen LogP contribution in [0.15, 0.2) is 36.7 Å². The SMILES string of the molecule is C=C(F)C(=O)N1CCN(c2nc(OCC34CCCN3C(CO)CC4)nc3c2CC[C@@]2(C=Cc4c(Cl)cccc42)C3)C[C@@H]1CC#N. The number of fused-ring (bicyclic) bond motifs is 4. The highest BCUT2D eigenvalue weighted by Gasteiger charge is 2.50. The van der Waals surface area contributed by atoms with E-state index in [2.05, 4.69) is 40.7 Å². The molecule has 4 heterocycles. The topological polar surface area (TPSA) is 106 Å². The van der Waals surface area contributed by atoms with Crippen LogP contribution in [-0.2, 0) is 23.1 Å². The summed E-state index contributed by atoms with van der Waals surface area (Å²) >= 11 is 6.58. The molecular weight excluding hydrogens is 595 g/mol. The molecule has 11 heteroatoms. The zero-order valence-electron chi connectivity index (χ0n) is 25.4. The molecule has 2 unspecified atom stereocenters. The number of nitrogens with zero attached hydrogens (tertiary/aromatic N) is 6. The summed E-state index contributed by atoms with van der Waals surface area (Å²) in [6.07, 6.45) is 10.7. The summed E-state index contributed by atoms with van der Waals surface area (Å²) in [6.45, 7) is 5.77. The second-order valence-electron chi connectivity index (χ2n) is 13.2. The van der Waals surface area contributed by atoms with Crippen molar-refractivity contribution in [3.8, 4) is 12.1 Å². The average molecular weight is 633 g/mol. The number of ether oxygens (including phenoxy) is 1. The number of benzene rings is 1. The first kappa shape index (κ1) is 30.2. The second-order valence-corrected chi connectivity index (χ2v) is 13.6. The van der Waals surface area contributed by atoms with Crippen LogP contribution in [0.1, 0.15) is 60.9 Å². The van der Waals surface area contributed by atoms with Gasteiger partial charge in [0.1, 0.15) is 12.4 Å². The highest BCUT2D eigenvalue weighted by Crippen LogP contribution is 2.48. The fourth-order valence-corrected chi connectivity index (χ4v) is 8.80. The molecular formula is C34H38ClFN6O3. The quantitative estimate of drug-likeness (QED) is 0.449. The van der Waals surface area contributed by atoms with Crippen molar-refractivity contribution in [2.45, 2.75) is 74.4 Å². The summed E-state index contributed by atoms with van der Waals surface area (Å²) < 4.78 is 20.4. The van der Waals surface area contributed by atoms with Crippen molar-refractivity contribution < 1.29 is 19.0 Å². The number of allylic oxidation sites excluding steroid dienone is 1. The average Bonchev–Trinajstić information content (AvgIpc) is 3.72. The van der Waals surface area contributed by atoms with Gasteiger partial charge in [-0.1, -0.05) is 42.5 Å². The van der Waals surface area contributed by atoms with Crippen molar-refractivity contribution in [3.63, 3.8) is 0 Å². The number of piperazine rings is 1. The molecule has 7 rings (SSSR count). The van der Waals surface area contributed by atoms with Gasteiger partial charge in [0.25, 0.3) is 5.91 Å². The number of halogens is 2. The predicted molar refractivity (Wildman–Crippen MR) is 169 cm³/mol. The molecule has 1 aromatic carbocycles. The largest absolute Gasteiger partial charge is 0.461 e. The van der Waals surface area contributed by atoms with E-state index in [0.717, 1.165) is 72.7 Å². The van der Waals surface area contributed by atoms with Crippen LogP contribution in [-0.4, -0.2) is 87.8 Å². The molecule has 236 valence electrons. The molecule has 4 atom stereocenters. The fraction of sp³-hybridized carbons (Fsp3) is 0.529. The zero-order chi connectivity index (χ0) is 31.3. The molecule has 1 spiro atoms. The molecule has 1 N–H and O–H groups in total. The van der Waals surface area contributed by atoms with Crippen LogP contribution < -0.4 is 9.64 Å². The molecule has 3 aliphatic heterocycles. The van der Waals surface area contributed by atoms with Crippen LogP contribution in [0.25, 0.3) is 6.08 Å². The first-order valence-corrected chi connectivity index (χ1v) is 16.3. The molecule has 0 saturated carbocycles. The van der Waals surface area contributed by atoms with E-state index in [9.17, 15) is 19.6 Å². The number of hydrogen-bond donors (Lipinski definition) is 1. The van der Waals surface area contributed by atoms with Crippen LogP contribution >= 0.6 is 11.6 Å². The van der Waals surface area contributed by atoms with Crippen molar-refractivity contribution in [2.75, 3.05) is 44.3 Å². The lowest BCUT2D eigenvalue weighted by molar-refractivity contribution is -0.131. The molecule has 0 bridgehead atoms.